The molecule has 0 saturated carbocycles. The van der Waals surface area contributed by atoms with Crippen LogP contribution in [0.3, 0.4) is 0 Å². The molecule has 34 heavy (non-hydrogen) atoms. The predicted octanol–water partition coefficient (Wildman–Crippen LogP) is 4.84. The molecular weight excluding hydrogens is 430 g/mol. The second-order valence-corrected chi connectivity index (χ2v) is 8.32. The highest BCUT2D eigenvalue weighted by molar-refractivity contribution is 5.90. The number of furan rings is 1. The second-order valence-electron chi connectivity index (χ2n) is 8.32. The zero-order valence-corrected chi connectivity index (χ0v) is 19.8. The SMILES string of the molecule is COc1ccc(N2CCN(Cc3ccc(OC)c4oc(-c5cccnc5)cc34)CC2)cc1OC. The summed E-state index contributed by atoms with van der Waals surface area (Å²) in [6.07, 6.45) is 3.58. The van der Waals surface area contributed by atoms with Gasteiger partial charge >= 0.3 is 0 Å². The van der Waals surface area contributed by atoms with Gasteiger partial charge in [0.15, 0.2) is 22.8 Å². The molecule has 0 unspecified atom stereocenters. The second kappa shape index (κ2) is 9.65. The molecule has 0 aliphatic carbocycles. The summed E-state index contributed by atoms with van der Waals surface area (Å²) in [5, 5.41) is 1.08. The maximum Gasteiger partial charge on any atom is 0.176 e. The zero-order chi connectivity index (χ0) is 23.5. The molecule has 0 spiro atoms. The van der Waals surface area contributed by atoms with E-state index in [1.807, 2.05) is 36.5 Å². The molecule has 1 fully saturated rings. The minimum Gasteiger partial charge on any atom is -0.493 e. The van der Waals surface area contributed by atoms with Gasteiger partial charge in [-0.05, 0) is 42.0 Å². The number of anilines is 1. The molecule has 2 aromatic carbocycles. The van der Waals surface area contributed by atoms with E-state index in [1.54, 1.807) is 27.5 Å². The fourth-order valence-electron chi connectivity index (χ4n) is 4.53. The van der Waals surface area contributed by atoms with E-state index < -0.39 is 0 Å². The van der Waals surface area contributed by atoms with Crippen LogP contribution in [-0.4, -0.2) is 57.4 Å². The Labute approximate surface area is 199 Å². The van der Waals surface area contributed by atoms with Crippen LogP contribution in [-0.2, 0) is 6.54 Å². The number of piperazine rings is 1. The molecule has 7 heteroatoms. The summed E-state index contributed by atoms with van der Waals surface area (Å²) in [4.78, 5) is 9.09. The molecule has 0 atom stereocenters. The first-order valence-electron chi connectivity index (χ1n) is 11.4. The van der Waals surface area contributed by atoms with Crippen molar-refractivity contribution in [3.05, 3.63) is 66.5 Å². The number of hydrogen-bond donors (Lipinski definition) is 0. The Kier molecular flexibility index (Phi) is 6.27. The van der Waals surface area contributed by atoms with Crippen molar-refractivity contribution in [2.24, 2.45) is 0 Å². The average Bonchev–Trinajstić information content (AvgIpc) is 3.35. The van der Waals surface area contributed by atoms with Gasteiger partial charge in [0, 0.05) is 67.8 Å². The molecule has 5 rings (SSSR count). The number of ether oxygens (including phenoxy) is 3. The average molecular weight is 460 g/mol. The van der Waals surface area contributed by atoms with Crippen LogP contribution in [0.15, 0.2) is 65.3 Å². The van der Waals surface area contributed by atoms with Crippen molar-refractivity contribution in [1.29, 1.82) is 0 Å². The van der Waals surface area contributed by atoms with Crippen molar-refractivity contribution in [1.82, 2.24) is 9.88 Å². The maximum absolute atomic E-state index is 6.21. The van der Waals surface area contributed by atoms with E-state index in [9.17, 15) is 0 Å². The maximum atomic E-state index is 6.21. The lowest BCUT2D eigenvalue weighted by Gasteiger charge is -2.36. The summed E-state index contributed by atoms with van der Waals surface area (Å²) in [7, 11) is 5.00. The Hall–Kier alpha value is -3.71. The Morgan fingerprint density at radius 2 is 1.62 bits per heavy atom. The van der Waals surface area contributed by atoms with Crippen LogP contribution in [0.25, 0.3) is 22.3 Å². The lowest BCUT2D eigenvalue weighted by molar-refractivity contribution is 0.250. The summed E-state index contributed by atoms with van der Waals surface area (Å²) < 4.78 is 22.6. The highest BCUT2D eigenvalue weighted by Crippen LogP contribution is 2.36. The van der Waals surface area contributed by atoms with E-state index in [0.717, 1.165) is 78.0 Å². The van der Waals surface area contributed by atoms with Gasteiger partial charge in [0.1, 0.15) is 5.76 Å². The molecule has 7 nitrogen and oxygen atoms in total. The smallest absolute Gasteiger partial charge is 0.176 e. The largest absolute Gasteiger partial charge is 0.493 e. The monoisotopic (exact) mass is 459 g/mol. The van der Waals surface area contributed by atoms with Crippen LogP contribution in [0, 0.1) is 0 Å². The molecule has 0 N–H and O–H groups in total. The van der Waals surface area contributed by atoms with Crippen molar-refractivity contribution in [2.45, 2.75) is 6.54 Å². The first-order valence-corrected chi connectivity index (χ1v) is 11.4. The molecule has 3 heterocycles. The molecule has 0 amide bonds. The van der Waals surface area contributed by atoms with Crippen LogP contribution >= 0.6 is 0 Å². The number of hydrogen-bond acceptors (Lipinski definition) is 7. The first-order chi connectivity index (χ1) is 16.7. The third-order valence-corrected chi connectivity index (χ3v) is 6.40. The van der Waals surface area contributed by atoms with Gasteiger partial charge in [-0.3, -0.25) is 9.88 Å². The highest BCUT2D eigenvalue weighted by Gasteiger charge is 2.21. The third kappa shape index (κ3) is 4.26. The van der Waals surface area contributed by atoms with Gasteiger partial charge in [-0.2, -0.15) is 0 Å². The summed E-state index contributed by atoms with van der Waals surface area (Å²) >= 11 is 0. The molecule has 4 aromatic rings. The molecule has 1 aliphatic heterocycles. The minimum absolute atomic E-state index is 0.743. The highest BCUT2D eigenvalue weighted by atomic mass is 16.5. The zero-order valence-electron chi connectivity index (χ0n) is 19.8. The summed E-state index contributed by atoms with van der Waals surface area (Å²) in [5.74, 6) is 3.05. The van der Waals surface area contributed by atoms with Gasteiger partial charge < -0.3 is 23.5 Å². The van der Waals surface area contributed by atoms with Crippen LogP contribution < -0.4 is 19.1 Å². The van der Waals surface area contributed by atoms with Crippen molar-refractivity contribution >= 4 is 16.7 Å². The van der Waals surface area contributed by atoms with Gasteiger partial charge in [0.25, 0.3) is 0 Å². The standard InChI is InChI=1S/C27H29N3O4/c1-31-23-9-7-21(15-26(23)33-3)30-13-11-29(12-14-30)18-20-6-8-24(32-2)27-22(20)16-25(34-27)19-5-4-10-28-17-19/h4-10,15-17H,11-14,18H2,1-3H3. The summed E-state index contributed by atoms with van der Waals surface area (Å²) in [5.41, 5.74) is 4.12. The summed E-state index contributed by atoms with van der Waals surface area (Å²) in [6.45, 7) is 4.68. The Morgan fingerprint density at radius 1 is 0.853 bits per heavy atom. The molecule has 176 valence electrons. The molecule has 1 saturated heterocycles. The van der Waals surface area contributed by atoms with Crippen LogP contribution in [0.2, 0.25) is 0 Å². The normalized spacial score (nSPS) is 14.4. The van der Waals surface area contributed by atoms with Crippen LogP contribution in [0.4, 0.5) is 5.69 Å². The lowest BCUT2D eigenvalue weighted by Crippen LogP contribution is -2.46. The lowest BCUT2D eigenvalue weighted by atomic mass is 10.1. The van der Waals surface area contributed by atoms with Gasteiger partial charge in [0.05, 0.1) is 21.3 Å². The van der Waals surface area contributed by atoms with E-state index >= 15 is 0 Å². The van der Waals surface area contributed by atoms with Crippen molar-refractivity contribution in [3.8, 4) is 28.6 Å². The molecule has 0 bridgehead atoms. The van der Waals surface area contributed by atoms with Crippen molar-refractivity contribution in [2.75, 3.05) is 52.4 Å². The van der Waals surface area contributed by atoms with Gasteiger partial charge in [-0.25, -0.2) is 0 Å². The molecular formula is C27H29N3O4. The Bertz CT molecular complexity index is 1260. The van der Waals surface area contributed by atoms with E-state index in [2.05, 4.69) is 33.0 Å². The predicted molar refractivity (Wildman–Crippen MR) is 133 cm³/mol. The Balaban J connectivity index is 1.33. The quantitative estimate of drug-likeness (QED) is 0.392. The van der Waals surface area contributed by atoms with Gasteiger partial charge in [0.2, 0.25) is 0 Å². The topological polar surface area (TPSA) is 60.2 Å². The third-order valence-electron chi connectivity index (χ3n) is 6.40. The number of nitrogens with zero attached hydrogens (tertiary/aromatic N) is 3. The number of methoxy groups -OCH3 is 3. The Morgan fingerprint density at radius 3 is 2.32 bits per heavy atom. The molecule has 1 aliphatic rings. The van der Waals surface area contributed by atoms with Crippen molar-refractivity contribution in [3.63, 3.8) is 0 Å². The summed E-state index contributed by atoms with van der Waals surface area (Å²) in [6, 6.07) is 16.3. The van der Waals surface area contributed by atoms with E-state index in [1.165, 1.54) is 5.56 Å². The van der Waals surface area contributed by atoms with E-state index in [0.29, 0.717) is 0 Å². The minimum atomic E-state index is 0.743. The number of pyridine rings is 1. The van der Waals surface area contributed by atoms with Gasteiger partial charge in [-0.15, -0.1) is 0 Å². The van der Waals surface area contributed by atoms with Crippen LogP contribution in [0.1, 0.15) is 5.56 Å². The first kappa shape index (κ1) is 22.1. The molecule has 0 radical (unpaired) electrons. The fraction of sp³-hybridized carbons (Fsp3) is 0.296. The van der Waals surface area contributed by atoms with Crippen molar-refractivity contribution < 1.29 is 18.6 Å². The number of rotatable bonds is 7. The van der Waals surface area contributed by atoms with Gasteiger partial charge in [-0.1, -0.05) is 6.07 Å². The number of benzene rings is 2. The number of fused-ring (bicyclic) bond motifs is 1. The fourth-order valence-corrected chi connectivity index (χ4v) is 4.53. The number of aromatic nitrogens is 1. The van der Waals surface area contributed by atoms with Crippen LogP contribution in [0.5, 0.6) is 17.2 Å². The van der Waals surface area contributed by atoms with E-state index in [4.69, 9.17) is 18.6 Å². The molecule has 2 aromatic heterocycles. The van der Waals surface area contributed by atoms with E-state index in [-0.39, 0.29) is 0 Å².